The third kappa shape index (κ3) is 6.82. The van der Waals surface area contributed by atoms with Crippen LogP contribution in [-0.2, 0) is 0 Å². The van der Waals surface area contributed by atoms with Gasteiger partial charge in [0.1, 0.15) is 11.3 Å². The summed E-state index contributed by atoms with van der Waals surface area (Å²) in [5.41, 5.74) is 6.19. The van der Waals surface area contributed by atoms with Gasteiger partial charge < -0.3 is 14.2 Å². The molecule has 4 rings (SSSR count). The van der Waals surface area contributed by atoms with Crippen molar-refractivity contribution in [2.24, 2.45) is 0 Å². The van der Waals surface area contributed by atoms with E-state index in [4.69, 9.17) is 4.42 Å². The quantitative estimate of drug-likeness (QED) is 0.156. The van der Waals surface area contributed by atoms with Gasteiger partial charge >= 0.3 is 0 Å². The fourth-order valence-corrected chi connectivity index (χ4v) is 5.14. The maximum Gasteiger partial charge on any atom is 0.202 e. The topological polar surface area (TPSA) is 36.7 Å². The number of nitrogens with zero attached hydrogens (tertiary/aromatic N) is 2. The van der Waals surface area contributed by atoms with Crippen LogP contribution in [0.1, 0.15) is 45.4 Å². The van der Waals surface area contributed by atoms with Crippen LogP contribution in [0.3, 0.4) is 0 Å². The predicted octanol–water partition coefficient (Wildman–Crippen LogP) is 11.0. The normalized spacial score (nSPS) is 12.7. The van der Waals surface area contributed by atoms with E-state index in [1.807, 2.05) is 130 Å². The summed E-state index contributed by atoms with van der Waals surface area (Å²) in [6.07, 6.45) is 18.3. The van der Waals surface area contributed by atoms with Crippen molar-refractivity contribution in [2.45, 2.75) is 34.1 Å². The van der Waals surface area contributed by atoms with Gasteiger partial charge in [-0.05, 0) is 75.7 Å². The molecule has 0 saturated heterocycles. The van der Waals surface area contributed by atoms with Gasteiger partial charge in [-0.2, -0.15) is 0 Å². The number of para-hydroxylation sites is 2. The standard InChI is InChI=1S/C40H40N2O2/c1-7-12-21-31(9-3)41(33-23-16-14-17-24-33)30(6)29-38-35(11-5)40(43)39-36(27-20-28-37(39)44-38)42(32(10-4)22-13-8-2)34-25-18-15-19-26-34/h7,9-29H,1,5,8H2,2-4,6H3/b21-12-,22-13-,30-29+,31-9+,32-10+. The van der Waals surface area contributed by atoms with Gasteiger partial charge in [0.15, 0.2) is 0 Å². The Morgan fingerprint density at radius 3 is 2.09 bits per heavy atom. The van der Waals surface area contributed by atoms with Crippen molar-refractivity contribution in [1.82, 2.24) is 0 Å². The lowest BCUT2D eigenvalue weighted by atomic mass is 10.1. The zero-order valence-corrected chi connectivity index (χ0v) is 26.0. The highest BCUT2D eigenvalue weighted by atomic mass is 16.3. The average Bonchev–Trinajstić information content (AvgIpc) is 3.05. The molecule has 0 radical (unpaired) electrons. The van der Waals surface area contributed by atoms with E-state index in [9.17, 15) is 4.79 Å². The van der Waals surface area contributed by atoms with Gasteiger partial charge in [-0.3, -0.25) is 4.79 Å². The fraction of sp³-hybridized carbons (Fsp3) is 0.125. The Morgan fingerprint density at radius 1 is 0.841 bits per heavy atom. The molecule has 0 aliphatic carbocycles. The van der Waals surface area contributed by atoms with Crippen LogP contribution in [0.15, 0.2) is 161 Å². The Morgan fingerprint density at radius 2 is 1.50 bits per heavy atom. The number of hydrogen-bond donors (Lipinski definition) is 0. The Bertz CT molecular complexity index is 1820. The maximum absolute atomic E-state index is 14.3. The maximum atomic E-state index is 14.3. The molecule has 222 valence electrons. The SMILES string of the molecule is C=C/C=C\C(=C/C)N(/C(C)=C/c1oc2cccc(N(C(/C=C\CC)=C/C)c3ccccc3)c2c(=O)c1C=C)c1ccccc1. The molecule has 0 amide bonds. The van der Waals surface area contributed by atoms with Crippen molar-refractivity contribution in [2.75, 3.05) is 9.80 Å². The Hall–Kier alpha value is -5.35. The molecule has 4 nitrogen and oxygen atoms in total. The second-order valence-electron chi connectivity index (χ2n) is 10.0. The van der Waals surface area contributed by atoms with Gasteiger partial charge in [-0.1, -0.05) is 99.0 Å². The first-order valence-corrected chi connectivity index (χ1v) is 14.9. The van der Waals surface area contributed by atoms with Crippen LogP contribution in [0.2, 0.25) is 0 Å². The minimum Gasteiger partial charge on any atom is -0.456 e. The molecule has 44 heavy (non-hydrogen) atoms. The second kappa shape index (κ2) is 15.2. The van der Waals surface area contributed by atoms with Crippen molar-refractivity contribution in [1.29, 1.82) is 0 Å². The summed E-state index contributed by atoms with van der Waals surface area (Å²) in [4.78, 5) is 18.6. The minimum atomic E-state index is -0.143. The lowest BCUT2D eigenvalue weighted by Gasteiger charge is -2.28. The molecule has 0 atom stereocenters. The Balaban J connectivity index is 1.97. The van der Waals surface area contributed by atoms with Crippen molar-refractivity contribution >= 4 is 40.2 Å². The lowest BCUT2D eigenvalue weighted by molar-refractivity contribution is 0.588. The molecule has 0 N–H and O–H groups in total. The molecule has 0 aliphatic rings. The molecule has 4 heteroatoms. The number of allylic oxidation sites excluding steroid dienone is 8. The van der Waals surface area contributed by atoms with Crippen LogP contribution in [0.5, 0.6) is 0 Å². The molecule has 4 aromatic rings. The highest BCUT2D eigenvalue weighted by molar-refractivity contribution is 5.96. The van der Waals surface area contributed by atoms with Gasteiger partial charge in [0.05, 0.1) is 16.6 Å². The number of anilines is 3. The largest absolute Gasteiger partial charge is 0.456 e. The summed E-state index contributed by atoms with van der Waals surface area (Å²) in [5.74, 6) is 0.444. The van der Waals surface area contributed by atoms with Gasteiger partial charge in [0.25, 0.3) is 0 Å². The third-order valence-corrected chi connectivity index (χ3v) is 7.16. The molecule has 0 unspecified atom stereocenters. The van der Waals surface area contributed by atoms with Gasteiger partial charge in [-0.25, -0.2) is 0 Å². The van der Waals surface area contributed by atoms with Gasteiger partial charge in [0, 0.05) is 34.5 Å². The van der Waals surface area contributed by atoms with E-state index in [0.29, 0.717) is 22.3 Å². The van der Waals surface area contributed by atoms with E-state index in [2.05, 4.69) is 42.0 Å². The van der Waals surface area contributed by atoms with E-state index < -0.39 is 0 Å². The first-order valence-electron chi connectivity index (χ1n) is 14.9. The summed E-state index contributed by atoms with van der Waals surface area (Å²) in [6.45, 7) is 15.9. The summed E-state index contributed by atoms with van der Waals surface area (Å²) < 4.78 is 6.55. The molecular weight excluding hydrogens is 540 g/mol. The van der Waals surface area contributed by atoms with E-state index >= 15 is 0 Å². The molecule has 1 aromatic heterocycles. The summed E-state index contributed by atoms with van der Waals surface area (Å²) in [6, 6.07) is 25.9. The third-order valence-electron chi connectivity index (χ3n) is 7.16. The first-order chi connectivity index (χ1) is 21.5. The van der Waals surface area contributed by atoms with Crippen molar-refractivity contribution in [3.05, 3.63) is 173 Å². The van der Waals surface area contributed by atoms with E-state index in [1.54, 1.807) is 12.2 Å². The lowest BCUT2D eigenvalue weighted by Crippen LogP contribution is -2.20. The van der Waals surface area contributed by atoms with Crippen LogP contribution < -0.4 is 15.2 Å². The number of fused-ring (bicyclic) bond motifs is 1. The molecule has 0 aliphatic heterocycles. The van der Waals surface area contributed by atoms with Crippen LogP contribution in [-0.4, -0.2) is 0 Å². The monoisotopic (exact) mass is 580 g/mol. The number of rotatable bonds is 12. The number of benzene rings is 3. The molecule has 0 fully saturated rings. The molecular formula is C40H40N2O2. The van der Waals surface area contributed by atoms with Crippen molar-refractivity contribution < 1.29 is 4.42 Å². The molecule has 3 aromatic carbocycles. The zero-order chi connectivity index (χ0) is 31.5. The van der Waals surface area contributed by atoms with Crippen molar-refractivity contribution in [3.8, 4) is 0 Å². The van der Waals surface area contributed by atoms with Crippen LogP contribution in [0.4, 0.5) is 17.1 Å². The first kappa shape index (κ1) is 31.6. The molecule has 0 saturated carbocycles. The summed E-state index contributed by atoms with van der Waals surface area (Å²) in [5, 5.41) is 0.494. The van der Waals surface area contributed by atoms with E-state index in [0.717, 1.165) is 40.6 Å². The Labute approximate surface area is 261 Å². The Kier molecular flexibility index (Phi) is 10.9. The summed E-state index contributed by atoms with van der Waals surface area (Å²) >= 11 is 0. The molecule has 1 heterocycles. The highest BCUT2D eigenvalue weighted by Gasteiger charge is 2.21. The molecule has 0 spiro atoms. The van der Waals surface area contributed by atoms with Crippen molar-refractivity contribution in [3.63, 3.8) is 0 Å². The predicted molar refractivity (Wildman–Crippen MR) is 190 cm³/mol. The second-order valence-corrected chi connectivity index (χ2v) is 10.0. The van der Waals surface area contributed by atoms with Crippen LogP contribution in [0.25, 0.3) is 23.1 Å². The zero-order valence-electron chi connectivity index (χ0n) is 26.0. The van der Waals surface area contributed by atoms with E-state index in [-0.39, 0.29) is 5.43 Å². The van der Waals surface area contributed by atoms with E-state index in [1.165, 1.54) is 0 Å². The molecule has 0 bridgehead atoms. The number of hydrogen-bond acceptors (Lipinski definition) is 4. The summed E-state index contributed by atoms with van der Waals surface area (Å²) in [7, 11) is 0. The smallest absolute Gasteiger partial charge is 0.202 e. The van der Waals surface area contributed by atoms with Gasteiger partial charge in [-0.15, -0.1) is 0 Å². The van der Waals surface area contributed by atoms with Crippen LogP contribution >= 0.6 is 0 Å². The van der Waals surface area contributed by atoms with Crippen LogP contribution in [0, 0.1) is 0 Å². The minimum absolute atomic E-state index is 0.143. The fourth-order valence-electron chi connectivity index (χ4n) is 5.14. The van der Waals surface area contributed by atoms with Gasteiger partial charge in [0.2, 0.25) is 5.43 Å². The average molecular weight is 581 g/mol. The highest BCUT2D eigenvalue weighted by Crippen LogP contribution is 2.36.